The highest BCUT2D eigenvalue weighted by atomic mass is 16.3. The summed E-state index contributed by atoms with van der Waals surface area (Å²) in [6.07, 6.45) is 0. The molecule has 0 saturated heterocycles. The van der Waals surface area contributed by atoms with Crippen molar-refractivity contribution in [3.05, 3.63) is 246 Å². The fourth-order valence-electron chi connectivity index (χ4n) is 10.7. The molecule has 0 unspecified atom stereocenters. The maximum atomic E-state index is 6.66. The molecule has 0 amide bonds. The average molecular weight is 880 g/mol. The summed E-state index contributed by atoms with van der Waals surface area (Å²) in [4.78, 5) is 10.9. The van der Waals surface area contributed by atoms with Gasteiger partial charge < -0.3 is 4.42 Å². The van der Waals surface area contributed by atoms with Crippen LogP contribution in [0.5, 0.6) is 0 Å². The molecule has 0 radical (unpaired) electrons. The summed E-state index contributed by atoms with van der Waals surface area (Å²) in [6, 6.07) is 78.5. The van der Waals surface area contributed by atoms with E-state index in [-0.39, 0.29) is 0 Å². The van der Waals surface area contributed by atoms with Gasteiger partial charge in [-0.3, -0.25) is 0 Å². The predicted octanol–water partition coefficient (Wildman–Crippen LogP) is 14.9. The van der Waals surface area contributed by atoms with Crippen molar-refractivity contribution in [3.8, 4) is 89.3 Å². The molecule has 0 aliphatic carbocycles. The number of para-hydroxylation sites is 2. The van der Waals surface area contributed by atoms with Crippen molar-refractivity contribution in [2.75, 3.05) is 0 Å². The predicted molar refractivity (Wildman–Crippen MR) is 276 cm³/mol. The van der Waals surface area contributed by atoms with E-state index in [2.05, 4.69) is 206 Å². The van der Waals surface area contributed by atoms with Crippen LogP contribution in [0.4, 0.5) is 11.4 Å². The van der Waals surface area contributed by atoms with Crippen LogP contribution in [0.2, 0.25) is 0 Å². The summed E-state index contributed by atoms with van der Waals surface area (Å²) in [6.45, 7) is 0. The Labute approximate surface area is 396 Å². The van der Waals surface area contributed by atoms with Crippen LogP contribution in [0, 0.1) is 10.4 Å². The molecule has 0 spiro atoms. The van der Waals surface area contributed by atoms with Gasteiger partial charge in [0.15, 0.2) is 0 Å². The molecule has 10 aromatic carbocycles. The quantitative estimate of drug-likeness (QED) is 0.160. The number of nitrogens with zero attached hydrogens (tertiary/aromatic N) is 5. The highest BCUT2D eigenvalue weighted by Gasteiger charge is 2.34. The molecule has 69 heavy (non-hydrogen) atoms. The molecule has 2 aromatic heterocycles. The lowest BCUT2D eigenvalue weighted by atomic mass is 9.79. The third kappa shape index (κ3) is 6.09. The first-order chi connectivity index (χ1) is 34.3. The van der Waals surface area contributed by atoms with Crippen LogP contribution >= 0.6 is 0 Å². The van der Waals surface area contributed by atoms with Crippen molar-refractivity contribution in [1.82, 2.24) is 15.4 Å². The summed E-state index contributed by atoms with van der Waals surface area (Å²) in [5.41, 5.74) is 18.7. The van der Waals surface area contributed by atoms with Crippen molar-refractivity contribution in [2.45, 2.75) is 0 Å². The Kier molecular flexibility index (Phi) is 8.79. The molecule has 0 N–H and O–H groups in total. The standard InChI is InChI=1S/C63H37N5O/c1-4-19-38(20-5-1)41-25-10-11-26-42(41)43-27-12-13-29-45(43)57-61(40-23-8-3-9-24-40)66-68-67-63(57)60-56(48-31-18-34-54-55(48)47-30-15-17-33-53(47)69-54)49(39-21-6-2-7-22-39)37-52-58(60)59-51(64-52)36-35-46-44-28-14-16-32-50(44)65-62(46)59/h1-37H. The summed E-state index contributed by atoms with van der Waals surface area (Å²) in [7, 11) is 0. The summed E-state index contributed by atoms with van der Waals surface area (Å²) in [5, 5.41) is 21.1. The molecule has 0 bridgehead atoms. The zero-order valence-corrected chi connectivity index (χ0v) is 37.0. The van der Waals surface area contributed by atoms with Crippen LogP contribution in [-0.2, 0) is 0 Å². The molecule has 320 valence electrons. The second-order valence-corrected chi connectivity index (χ2v) is 17.5. The van der Waals surface area contributed by atoms with E-state index in [4.69, 9.17) is 29.8 Å². The second-order valence-electron chi connectivity index (χ2n) is 17.5. The Morgan fingerprint density at radius 2 is 0.913 bits per heavy atom. The van der Waals surface area contributed by atoms with E-state index in [1.54, 1.807) is 0 Å². The molecule has 6 nitrogen and oxygen atoms in total. The van der Waals surface area contributed by atoms with E-state index < -0.39 is 0 Å². The van der Waals surface area contributed by atoms with E-state index in [0.29, 0.717) is 11.4 Å². The second kappa shape index (κ2) is 15.6. The van der Waals surface area contributed by atoms with Gasteiger partial charge in [0.2, 0.25) is 0 Å². The third-order valence-electron chi connectivity index (χ3n) is 13.7. The highest BCUT2D eigenvalue weighted by molar-refractivity contribution is 6.19. The largest absolute Gasteiger partial charge is 0.456 e. The van der Waals surface area contributed by atoms with E-state index in [1.807, 2.05) is 18.2 Å². The van der Waals surface area contributed by atoms with Crippen molar-refractivity contribution < 1.29 is 4.42 Å². The number of aromatic nitrogens is 3. The van der Waals surface area contributed by atoms with Gasteiger partial charge in [-0.2, -0.15) is 0 Å². The molecule has 0 saturated carbocycles. The number of hydrogen-bond donors (Lipinski definition) is 0. The van der Waals surface area contributed by atoms with Crippen molar-refractivity contribution in [1.29, 1.82) is 0 Å². The topological polar surface area (TPSA) is 76.5 Å². The van der Waals surface area contributed by atoms with Crippen LogP contribution in [-0.4, -0.2) is 15.4 Å². The molecular weight excluding hydrogens is 843 g/mol. The Bertz CT molecular complexity index is 4300. The minimum atomic E-state index is 0.679. The Morgan fingerprint density at radius 1 is 0.319 bits per heavy atom. The third-order valence-corrected chi connectivity index (χ3v) is 13.7. The molecule has 6 heteroatoms. The van der Waals surface area contributed by atoms with E-state index in [9.17, 15) is 0 Å². The first-order valence-corrected chi connectivity index (χ1v) is 23.2. The summed E-state index contributed by atoms with van der Waals surface area (Å²) < 4.78 is 6.66. The van der Waals surface area contributed by atoms with Crippen LogP contribution < -0.4 is 10.7 Å². The normalized spacial score (nSPS) is 12.0. The highest BCUT2D eigenvalue weighted by Crippen LogP contribution is 2.56. The van der Waals surface area contributed by atoms with Crippen LogP contribution in [0.1, 0.15) is 0 Å². The minimum Gasteiger partial charge on any atom is -0.456 e. The minimum absolute atomic E-state index is 0.679. The zero-order chi connectivity index (χ0) is 45.4. The molecule has 4 heterocycles. The monoisotopic (exact) mass is 879 g/mol. The van der Waals surface area contributed by atoms with Gasteiger partial charge in [0, 0.05) is 54.6 Å². The van der Waals surface area contributed by atoms with Crippen LogP contribution in [0.15, 0.2) is 239 Å². The SMILES string of the molecule is c1ccc(-c2ccccc2-c2ccccc2-c2c(-c3ccccc3)nnnc2-c2c3c(cc(-c4ccccc4)c2-c2cccc4oc5ccccc5c24)N=c2ccc4c(c2-3)N=c2ccccc2=4)cc1. The maximum absolute atomic E-state index is 6.66. The Morgan fingerprint density at radius 3 is 1.70 bits per heavy atom. The molecule has 2 aliphatic heterocycles. The van der Waals surface area contributed by atoms with Gasteiger partial charge in [-0.1, -0.05) is 188 Å². The fourth-order valence-corrected chi connectivity index (χ4v) is 10.7. The zero-order valence-electron chi connectivity index (χ0n) is 37.0. The van der Waals surface area contributed by atoms with Crippen molar-refractivity contribution in [2.24, 2.45) is 9.98 Å². The molecule has 0 atom stereocenters. The van der Waals surface area contributed by atoms with Gasteiger partial charge in [0.05, 0.1) is 22.1 Å². The summed E-state index contributed by atoms with van der Waals surface area (Å²) in [5.74, 6) is 0. The molecule has 14 rings (SSSR count). The van der Waals surface area contributed by atoms with Gasteiger partial charge in [0.25, 0.3) is 0 Å². The smallest absolute Gasteiger partial charge is 0.136 e. The lowest BCUT2D eigenvalue weighted by molar-refractivity contribution is 0.669. The van der Waals surface area contributed by atoms with Gasteiger partial charge in [-0.25, -0.2) is 9.98 Å². The fraction of sp³-hybridized carbons (Fsp3) is 0. The number of furan rings is 1. The Balaban J connectivity index is 1.19. The molecule has 12 aromatic rings. The van der Waals surface area contributed by atoms with Gasteiger partial charge in [-0.15, -0.1) is 10.2 Å². The first kappa shape index (κ1) is 38.8. The van der Waals surface area contributed by atoms with Crippen molar-refractivity contribution in [3.63, 3.8) is 0 Å². The Hall–Kier alpha value is -9.39. The van der Waals surface area contributed by atoms with E-state index in [0.717, 1.165) is 132 Å². The van der Waals surface area contributed by atoms with Crippen molar-refractivity contribution >= 4 is 33.3 Å². The number of hydrogen-bond acceptors (Lipinski definition) is 6. The number of rotatable bonds is 7. The van der Waals surface area contributed by atoms with E-state index >= 15 is 0 Å². The lowest BCUT2D eigenvalue weighted by Gasteiger charge is -2.24. The lowest BCUT2D eigenvalue weighted by Crippen LogP contribution is -2.06. The van der Waals surface area contributed by atoms with Crippen LogP contribution in [0.25, 0.3) is 111 Å². The van der Waals surface area contributed by atoms with Crippen LogP contribution in [0.3, 0.4) is 0 Å². The first-order valence-electron chi connectivity index (χ1n) is 23.2. The number of fused-ring (bicyclic) bond motifs is 9. The average Bonchev–Trinajstić information content (AvgIpc) is 4.12. The molecule has 0 fully saturated rings. The van der Waals surface area contributed by atoms with E-state index in [1.165, 1.54) is 0 Å². The van der Waals surface area contributed by atoms with Gasteiger partial charge in [0.1, 0.15) is 22.6 Å². The maximum Gasteiger partial charge on any atom is 0.136 e. The van der Waals surface area contributed by atoms with Gasteiger partial charge >= 0.3 is 0 Å². The van der Waals surface area contributed by atoms with Gasteiger partial charge in [-0.05, 0) is 86.1 Å². The molecular formula is C63H37N5O. The summed E-state index contributed by atoms with van der Waals surface area (Å²) >= 11 is 0. The number of benzene rings is 10. The molecule has 2 aliphatic rings.